The molecule has 0 unspecified atom stereocenters. The first-order valence-electron chi connectivity index (χ1n) is 7.56. The van der Waals surface area contributed by atoms with Crippen molar-refractivity contribution < 1.29 is 18.4 Å². The van der Waals surface area contributed by atoms with E-state index < -0.39 is 23.6 Å². The van der Waals surface area contributed by atoms with E-state index in [2.05, 4.69) is 15.7 Å². The molecule has 1 aliphatic rings. The lowest BCUT2D eigenvalue weighted by Gasteiger charge is -2.30. The number of halogens is 3. The van der Waals surface area contributed by atoms with Crippen LogP contribution >= 0.6 is 22.6 Å². The molecule has 0 radical (unpaired) electrons. The summed E-state index contributed by atoms with van der Waals surface area (Å²) in [6, 6.07) is 9.91. The zero-order valence-corrected chi connectivity index (χ0v) is 15.6. The zero-order valence-electron chi connectivity index (χ0n) is 13.5. The summed E-state index contributed by atoms with van der Waals surface area (Å²) in [6.07, 6.45) is 0. The van der Waals surface area contributed by atoms with Gasteiger partial charge in [-0.1, -0.05) is 18.2 Å². The molecule has 2 amide bonds. The lowest BCUT2D eigenvalue weighted by Crippen LogP contribution is -2.57. The van der Waals surface area contributed by atoms with Crippen molar-refractivity contribution in [3.8, 4) is 0 Å². The normalized spacial score (nSPS) is 16.8. The lowest BCUT2D eigenvalue weighted by molar-refractivity contribution is -0.120. The molecule has 1 aliphatic heterocycles. The first-order valence-corrected chi connectivity index (χ1v) is 8.64. The zero-order chi connectivity index (χ0) is 18.8. The molecule has 134 valence electrons. The number of hydrazine groups is 1. The number of benzene rings is 2. The number of nitrogens with zero attached hydrogens (tertiary/aromatic N) is 2. The minimum atomic E-state index is -0.789. The van der Waals surface area contributed by atoms with E-state index in [1.165, 1.54) is 27.6 Å². The SMILES string of the molecule is C[C@@H]1N=C(C(=O)Nc2cc(F)c(I)c(F)c2)NN(c2ccccc2)C1=O. The largest absolute Gasteiger partial charge is 0.319 e. The molecule has 1 atom stereocenters. The topological polar surface area (TPSA) is 73.8 Å². The quantitative estimate of drug-likeness (QED) is 0.536. The summed E-state index contributed by atoms with van der Waals surface area (Å²) in [4.78, 5) is 28.7. The predicted molar refractivity (Wildman–Crippen MR) is 102 cm³/mol. The van der Waals surface area contributed by atoms with Crippen molar-refractivity contribution in [1.82, 2.24) is 5.43 Å². The van der Waals surface area contributed by atoms with Crippen LogP contribution < -0.4 is 15.8 Å². The Morgan fingerprint density at radius 3 is 2.46 bits per heavy atom. The summed E-state index contributed by atoms with van der Waals surface area (Å²) in [5.74, 6) is -2.76. The number of para-hydroxylation sites is 1. The molecule has 9 heteroatoms. The molecule has 2 aromatic carbocycles. The van der Waals surface area contributed by atoms with Crippen molar-refractivity contribution in [3.63, 3.8) is 0 Å². The summed E-state index contributed by atoms with van der Waals surface area (Å²) in [6.45, 7) is 1.55. The molecule has 6 nitrogen and oxygen atoms in total. The number of carbonyl (C=O) groups excluding carboxylic acids is 2. The first kappa shape index (κ1) is 18.2. The number of nitrogens with one attached hydrogen (secondary N) is 2. The van der Waals surface area contributed by atoms with Gasteiger partial charge in [0, 0.05) is 5.69 Å². The van der Waals surface area contributed by atoms with Crippen LogP contribution in [-0.2, 0) is 9.59 Å². The van der Waals surface area contributed by atoms with E-state index in [9.17, 15) is 18.4 Å². The lowest BCUT2D eigenvalue weighted by atomic mass is 10.2. The highest BCUT2D eigenvalue weighted by Gasteiger charge is 2.30. The molecule has 0 saturated carbocycles. The molecule has 0 aliphatic carbocycles. The van der Waals surface area contributed by atoms with Gasteiger partial charge in [0.2, 0.25) is 5.84 Å². The molecular formula is C17H13F2IN4O2. The van der Waals surface area contributed by atoms with Gasteiger partial charge in [0.1, 0.15) is 17.7 Å². The van der Waals surface area contributed by atoms with E-state index >= 15 is 0 Å². The van der Waals surface area contributed by atoms with Gasteiger partial charge in [0.25, 0.3) is 11.8 Å². The van der Waals surface area contributed by atoms with Crippen LogP contribution in [0.15, 0.2) is 47.5 Å². The second kappa shape index (κ2) is 7.36. The smallest absolute Gasteiger partial charge is 0.292 e. The van der Waals surface area contributed by atoms with Gasteiger partial charge < -0.3 is 5.32 Å². The minimum absolute atomic E-state index is 0.0502. The van der Waals surface area contributed by atoms with Gasteiger partial charge in [-0.25, -0.2) is 18.8 Å². The number of rotatable bonds is 3. The summed E-state index contributed by atoms with van der Waals surface area (Å²) in [7, 11) is 0. The van der Waals surface area contributed by atoms with Crippen LogP contribution in [0, 0.1) is 15.2 Å². The highest BCUT2D eigenvalue weighted by Crippen LogP contribution is 2.21. The van der Waals surface area contributed by atoms with Crippen LogP contribution in [0.3, 0.4) is 0 Å². The van der Waals surface area contributed by atoms with Crippen molar-refractivity contribution in [2.45, 2.75) is 13.0 Å². The first-order chi connectivity index (χ1) is 12.4. The van der Waals surface area contributed by atoms with Crippen molar-refractivity contribution >= 4 is 51.6 Å². The minimum Gasteiger partial charge on any atom is -0.319 e. The molecule has 1 heterocycles. The summed E-state index contributed by atoms with van der Waals surface area (Å²) in [5, 5.41) is 3.58. The fourth-order valence-corrected chi connectivity index (χ4v) is 2.63. The van der Waals surface area contributed by atoms with Crippen molar-refractivity contribution in [2.75, 3.05) is 10.3 Å². The third kappa shape index (κ3) is 3.66. The van der Waals surface area contributed by atoms with Gasteiger partial charge in [-0.3, -0.25) is 15.0 Å². The fourth-order valence-electron chi connectivity index (χ4n) is 2.32. The maximum Gasteiger partial charge on any atom is 0.292 e. The van der Waals surface area contributed by atoms with Crippen molar-refractivity contribution in [1.29, 1.82) is 0 Å². The Bertz CT molecular complexity index is 882. The second-order valence-electron chi connectivity index (χ2n) is 5.48. The van der Waals surface area contributed by atoms with Gasteiger partial charge in [-0.2, -0.15) is 0 Å². The number of anilines is 2. The van der Waals surface area contributed by atoms with Gasteiger partial charge in [0.05, 0.1) is 9.26 Å². The Labute approximate surface area is 161 Å². The Hall–Kier alpha value is -2.56. The Morgan fingerprint density at radius 2 is 1.85 bits per heavy atom. The highest BCUT2D eigenvalue weighted by molar-refractivity contribution is 14.1. The van der Waals surface area contributed by atoms with Crippen molar-refractivity contribution in [2.24, 2.45) is 4.99 Å². The number of amides is 2. The third-order valence-electron chi connectivity index (χ3n) is 3.59. The van der Waals surface area contributed by atoms with E-state index in [-0.39, 0.29) is 21.0 Å². The molecule has 0 aromatic heterocycles. The fraction of sp³-hybridized carbons (Fsp3) is 0.118. The van der Waals surface area contributed by atoms with E-state index in [4.69, 9.17) is 0 Å². The summed E-state index contributed by atoms with van der Waals surface area (Å²) in [5.41, 5.74) is 3.13. The summed E-state index contributed by atoms with van der Waals surface area (Å²) >= 11 is 1.53. The number of carbonyl (C=O) groups is 2. The Morgan fingerprint density at radius 1 is 1.23 bits per heavy atom. The van der Waals surface area contributed by atoms with Crippen molar-refractivity contribution in [3.05, 3.63) is 57.7 Å². The standard InChI is InChI=1S/C17H13F2IN4O2/c1-9-17(26)24(11-5-3-2-4-6-11)23-15(21-9)16(25)22-10-7-12(18)14(20)13(19)8-10/h2-9H,1H3,(H,21,23)(H,22,25)/t9-/m0/s1. The van der Waals surface area contributed by atoms with Crippen LogP contribution in [-0.4, -0.2) is 23.7 Å². The van der Waals surface area contributed by atoms with Gasteiger partial charge in [0.15, 0.2) is 0 Å². The molecule has 0 saturated heterocycles. The highest BCUT2D eigenvalue weighted by atomic mass is 127. The molecule has 0 fully saturated rings. The van der Waals surface area contributed by atoms with E-state index in [0.717, 1.165) is 12.1 Å². The maximum absolute atomic E-state index is 13.6. The molecule has 2 N–H and O–H groups in total. The molecule has 0 spiro atoms. The molecule has 0 bridgehead atoms. The number of hydrogen-bond acceptors (Lipinski definition) is 4. The number of hydrogen-bond donors (Lipinski definition) is 2. The molecule has 3 rings (SSSR count). The van der Waals surface area contributed by atoms with Crippen LogP contribution in [0.2, 0.25) is 0 Å². The van der Waals surface area contributed by atoms with Crippen LogP contribution in [0.4, 0.5) is 20.2 Å². The molecule has 2 aromatic rings. The van der Waals surface area contributed by atoms with Gasteiger partial charge >= 0.3 is 0 Å². The number of aliphatic imine (C=N–C) groups is 1. The average Bonchev–Trinajstić information content (AvgIpc) is 2.62. The van der Waals surface area contributed by atoms with Gasteiger partial charge in [-0.15, -0.1) is 0 Å². The number of amidine groups is 1. The third-order valence-corrected chi connectivity index (χ3v) is 4.62. The Balaban J connectivity index is 1.83. The van der Waals surface area contributed by atoms with Crippen LogP contribution in [0.1, 0.15) is 6.92 Å². The van der Waals surface area contributed by atoms with Crippen LogP contribution in [0.25, 0.3) is 0 Å². The second-order valence-corrected chi connectivity index (χ2v) is 6.56. The molecule has 26 heavy (non-hydrogen) atoms. The van der Waals surface area contributed by atoms with Gasteiger partial charge in [-0.05, 0) is 53.8 Å². The monoisotopic (exact) mass is 470 g/mol. The average molecular weight is 470 g/mol. The summed E-state index contributed by atoms with van der Waals surface area (Å²) < 4.78 is 27.1. The van der Waals surface area contributed by atoms with E-state index in [1.807, 2.05) is 0 Å². The van der Waals surface area contributed by atoms with Crippen LogP contribution in [0.5, 0.6) is 0 Å². The Kier molecular flexibility index (Phi) is 5.16. The maximum atomic E-state index is 13.6. The van der Waals surface area contributed by atoms with E-state index in [1.54, 1.807) is 37.3 Å². The predicted octanol–water partition coefficient (Wildman–Crippen LogP) is 2.85. The molecular weight excluding hydrogens is 457 g/mol. The van der Waals surface area contributed by atoms with E-state index in [0.29, 0.717) is 5.69 Å².